The Kier molecular flexibility index (Phi) is 4.44. The van der Waals surface area contributed by atoms with Crippen LogP contribution in [0, 0.1) is 13.8 Å². The van der Waals surface area contributed by atoms with Crippen LogP contribution in [0.15, 0.2) is 6.08 Å². The van der Waals surface area contributed by atoms with Crippen molar-refractivity contribution in [3.63, 3.8) is 0 Å². The number of amides is 1. The topological polar surface area (TPSA) is 67.2 Å². The second-order valence-corrected chi connectivity index (χ2v) is 6.21. The lowest BCUT2D eigenvalue weighted by Gasteiger charge is -2.37. The largest absolute Gasteiger partial charge is 0.388 e. The summed E-state index contributed by atoms with van der Waals surface area (Å²) in [5, 5.41) is 17.1. The van der Waals surface area contributed by atoms with Crippen molar-refractivity contribution in [2.24, 2.45) is 7.05 Å². The molecule has 1 aromatic heterocycles. The summed E-state index contributed by atoms with van der Waals surface area (Å²) in [6.07, 6.45) is 3.23. The summed E-state index contributed by atoms with van der Waals surface area (Å²) < 4.78 is 1.79. The van der Waals surface area contributed by atoms with Gasteiger partial charge in [-0.1, -0.05) is 0 Å². The maximum atomic E-state index is 12.0. The van der Waals surface area contributed by atoms with Crippen LogP contribution in [0.25, 0.3) is 6.08 Å². The Balaban J connectivity index is 2.84. The van der Waals surface area contributed by atoms with Crippen molar-refractivity contribution in [2.75, 3.05) is 0 Å². The minimum absolute atomic E-state index is 0.236. The molecule has 0 saturated heterocycles. The van der Waals surface area contributed by atoms with E-state index in [0.717, 1.165) is 17.0 Å². The van der Waals surface area contributed by atoms with Crippen molar-refractivity contribution in [3.05, 3.63) is 23.0 Å². The fourth-order valence-corrected chi connectivity index (χ4v) is 1.69. The van der Waals surface area contributed by atoms with Gasteiger partial charge in [0.1, 0.15) is 0 Å². The molecule has 20 heavy (non-hydrogen) atoms. The summed E-state index contributed by atoms with van der Waals surface area (Å²) >= 11 is 0. The van der Waals surface area contributed by atoms with Crippen molar-refractivity contribution in [3.8, 4) is 0 Å². The van der Waals surface area contributed by atoms with E-state index in [1.165, 1.54) is 6.08 Å². The predicted molar refractivity (Wildman–Crippen MR) is 80.2 cm³/mol. The predicted octanol–water partition coefficient (Wildman–Crippen LogP) is 1.72. The first-order chi connectivity index (χ1) is 8.95. The Hall–Kier alpha value is -1.62. The number of aliphatic hydroxyl groups is 1. The Labute approximate surface area is 120 Å². The number of aromatic nitrogens is 2. The third-order valence-corrected chi connectivity index (χ3v) is 3.93. The van der Waals surface area contributed by atoms with Gasteiger partial charge in [0.15, 0.2) is 0 Å². The van der Waals surface area contributed by atoms with Crippen LogP contribution < -0.4 is 5.32 Å². The zero-order valence-corrected chi connectivity index (χ0v) is 13.4. The molecule has 0 radical (unpaired) electrons. The Bertz CT molecular complexity index is 534. The molecule has 0 fully saturated rings. The zero-order chi connectivity index (χ0) is 15.7. The fourth-order valence-electron chi connectivity index (χ4n) is 1.69. The van der Waals surface area contributed by atoms with Crippen molar-refractivity contribution in [1.29, 1.82) is 0 Å². The summed E-state index contributed by atoms with van der Waals surface area (Å²) in [6, 6.07) is 0. The Morgan fingerprint density at radius 3 is 2.25 bits per heavy atom. The highest BCUT2D eigenvalue weighted by molar-refractivity contribution is 5.92. The number of hydrogen-bond acceptors (Lipinski definition) is 3. The van der Waals surface area contributed by atoms with Gasteiger partial charge >= 0.3 is 0 Å². The van der Waals surface area contributed by atoms with Gasteiger partial charge in [0.05, 0.1) is 16.8 Å². The van der Waals surface area contributed by atoms with Crippen LogP contribution in [0.5, 0.6) is 0 Å². The molecule has 0 bridgehead atoms. The molecule has 1 amide bonds. The molecule has 1 heterocycles. The van der Waals surface area contributed by atoms with Gasteiger partial charge in [-0.05, 0) is 47.6 Å². The Morgan fingerprint density at radius 1 is 1.30 bits per heavy atom. The van der Waals surface area contributed by atoms with E-state index in [1.807, 2.05) is 20.9 Å². The minimum Gasteiger partial charge on any atom is -0.388 e. The van der Waals surface area contributed by atoms with E-state index in [9.17, 15) is 9.90 Å². The van der Waals surface area contributed by atoms with Crippen molar-refractivity contribution < 1.29 is 9.90 Å². The average Bonchev–Trinajstić information content (AvgIpc) is 2.48. The van der Waals surface area contributed by atoms with Crippen LogP contribution in [-0.2, 0) is 11.8 Å². The summed E-state index contributed by atoms with van der Waals surface area (Å²) in [6.45, 7) is 10.8. The highest BCUT2D eigenvalue weighted by Crippen LogP contribution is 2.20. The molecule has 1 rings (SSSR count). The van der Waals surface area contributed by atoms with Gasteiger partial charge in [-0.25, -0.2) is 0 Å². The number of carbonyl (C=O) groups excluding carboxylic acids is 1. The highest BCUT2D eigenvalue weighted by atomic mass is 16.3. The molecule has 0 aliphatic carbocycles. The summed E-state index contributed by atoms with van der Waals surface area (Å²) in [5.41, 5.74) is 1.12. The van der Waals surface area contributed by atoms with Gasteiger partial charge in [-0.3, -0.25) is 9.48 Å². The van der Waals surface area contributed by atoms with Crippen LogP contribution in [0.1, 0.15) is 44.6 Å². The van der Waals surface area contributed by atoms with Crippen LogP contribution in [-0.4, -0.2) is 31.9 Å². The second-order valence-electron chi connectivity index (χ2n) is 6.21. The lowest BCUT2D eigenvalue weighted by Crippen LogP contribution is -2.57. The van der Waals surface area contributed by atoms with E-state index in [-0.39, 0.29) is 5.91 Å². The van der Waals surface area contributed by atoms with Gasteiger partial charge in [0.25, 0.3) is 0 Å². The van der Waals surface area contributed by atoms with E-state index in [2.05, 4.69) is 10.4 Å². The number of carbonyl (C=O) groups is 1. The van der Waals surface area contributed by atoms with Crippen LogP contribution in [0.3, 0.4) is 0 Å². The van der Waals surface area contributed by atoms with Crippen LogP contribution in [0.2, 0.25) is 0 Å². The van der Waals surface area contributed by atoms with Crippen LogP contribution in [0.4, 0.5) is 0 Å². The van der Waals surface area contributed by atoms with Gasteiger partial charge < -0.3 is 10.4 Å². The van der Waals surface area contributed by atoms with E-state index in [0.29, 0.717) is 0 Å². The number of rotatable bonds is 4. The molecule has 0 spiro atoms. The first-order valence-electron chi connectivity index (χ1n) is 6.68. The molecule has 0 unspecified atom stereocenters. The lowest BCUT2D eigenvalue weighted by molar-refractivity contribution is -0.121. The number of nitrogens with one attached hydrogen (secondary N) is 1. The SMILES string of the molecule is Cc1nn(C)c(C)c1/C=C/C(=O)NC(C)(C)C(C)(C)O. The standard InChI is InChI=1S/C15H25N3O2/c1-10-12(11(2)18(7)17-10)8-9-13(19)16-14(3,4)15(5,6)20/h8-9,20H,1-7H3,(H,16,19)/b9-8+. The fraction of sp³-hybridized carbons (Fsp3) is 0.600. The van der Waals surface area contributed by atoms with Gasteiger partial charge in [-0.2, -0.15) is 5.10 Å². The third kappa shape index (κ3) is 3.48. The van der Waals surface area contributed by atoms with Gasteiger partial charge in [-0.15, -0.1) is 0 Å². The first kappa shape index (κ1) is 16.4. The van der Waals surface area contributed by atoms with Gasteiger partial charge in [0, 0.05) is 24.4 Å². The summed E-state index contributed by atoms with van der Waals surface area (Å²) in [7, 11) is 1.87. The minimum atomic E-state index is -1.00. The zero-order valence-electron chi connectivity index (χ0n) is 13.4. The molecule has 0 aromatic carbocycles. The van der Waals surface area contributed by atoms with Crippen molar-refractivity contribution in [2.45, 2.75) is 52.7 Å². The van der Waals surface area contributed by atoms with Crippen LogP contribution >= 0.6 is 0 Å². The second kappa shape index (κ2) is 5.40. The molecule has 0 aliphatic heterocycles. The molecule has 0 atom stereocenters. The monoisotopic (exact) mass is 279 g/mol. The quantitative estimate of drug-likeness (QED) is 0.825. The van der Waals surface area contributed by atoms with E-state index in [1.54, 1.807) is 38.5 Å². The maximum Gasteiger partial charge on any atom is 0.244 e. The molecule has 0 aliphatic rings. The molecule has 5 heteroatoms. The molecular formula is C15H25N3O2. The van der Waals surface area contributed by atoms with E-state index in [4.69, 9.17) is 0 Å². The number of aryl methyl sites for hydroxylation is 2. The molecular weight excluding hydrogens is 254 g/mol. The highest BCUT2D eigenvalue weighted by Gasteiger charge is 2.35. The lowest BCUT2D eigenvalue weighted by atomic mass is 9.86. The third-order valence-electron chi connectivity index (χ3n) is 3.93. The maximum absolute atomic E-state index is 12.0. The molecule has 2 N–H and O–H groups in total. The smallest absolute Gasteiger partial charge is 0.244 e. The van der Waals surface area contributed by atoms with E-state index >= 15 is 0 Å². The van der Waals surface area contributed by atoms with Crippen molar-refractivity contribution >= 4 is 12.0 Å². The van der Waals surface area contributed by atoms with E-state index < -0.39 is 11.1 Å². The molecule has 1 aromatic rings. The van der Waals surface area contributed by atoms with Gasteiger partial charge in [0.2, 0.25) is 5.91 Å². The summed E-state index contributed by atoms with van der Waals surface area (Å²) in [4.78, 5) is 12.0. The van der Waals surface area contributed by atoms with Crippen molar-refractivity contribution in [1.82, 2.24) is 15.1 Å². The molecule has 5 nitrogen and oxygen atoms in total. The molecule has 0 saturated carbocycles. The Morgan fingerprint density at radius 2 is 1.85 bits per heavy atom. The number of hydrogen-bond donors (Lipinski definition) is 2. The average molecular weight is 279 g/mol. The molecule has 112 valence electrons. The normalized spacial score (nSPS) is 13.0. The first-order valence-corrected chi connectivity index (χ1v) is 6.68. The summed E-state index contributed by atoms with van der Waals surface area (Å²) in [5.74, 6) is -0.236. The number of nitrogens with zero attached hydrogens (tertiary/aromatic N) is 2.